The number of carbonyl (C=O) groups excluding carboxylic acids is 1. The average molecular weight is 345 g/mol. The van der Waals surface area contributed by atoms with E-state index in [1.165, 1.54) is 9.78 Å². The predicted molar refractivity (Wildman–Crippen MR) is 96.7 cm³/mol. The lowest BCUT2D eigenvalue weighted by Crippen LogP contribution is -3.15. The van der Waals surface area contributed by atoms with E-state index in [1.807, 2.05) is 31.2 Å². The number of morpholine rings is 1. The summed E-state index contributed by atoms with van der Waals surface area (Å²) in [6, 6.07) is 12.3. The van der Waals surface area contributed by atoms with Crippen LogP contribution in [0.3, 0.4) is 0 Å². The first kappa shape index (κ1) is 17.1. The van der Waals surface area contributed by atoms with Crippen molar-refractivity contribution in [3.63, 3.8) is 0 Å². The van der Waals surface area contributed by atoms with Crippen molar-refractivity contribution >= 4 is 17.2 Å². The van der Waals surface area contributed by atoms with E-state index >= 15 is 0 Å². The predicted octanol–water partition coefficient (Wildman–Crippen LogP) is 1.83. The molecule has 3 rings (SSSR count). The number of quaternary nitrogens is 1. The Morgan fingerprint density at radius 1 is 1.21 bits per heavy atom. The Hall–Kier alpha value is -1.69. The summed E-state index contributed by atoms with van der Waals surface area (Å²) >= 11 is 1.76. The van der Waals surface area contributed by atoms with E-state index in [0.717, 1.165) is 31.9 Å². The lowest BCUT2D eigenvalue weighted by atomic mass is 10.0. The zero-order valence-corrected chi connectivity index (χ0v) is 15.1. The topological polar surface area (TPSA) is 42.8 Å². The van der Waals surface area contributed by atoms with Crippen LogP contribution in [0.25, 0.3) is 0 Å². The number of nitrogens with one attached hydrogen (secondary N) is 2. The largest absolute Gasteiger partial charge is 0.370 e. The van der Waals surface area contributed by atoms with Crippen LogP contribution in [0, 0.1) is 6.92 Å². The number of amides is 1. The van der Waals surface area contributed by atoms with Gasteiger partial charge in [0, 0.05) is 5.56 Å². The lowest BCUT2D eigenvalue weighted by molar-refractivity contribution is -0.939. The van der Waals surface area contributed by atoms with E-state index in [4.69, 9.17) is 4.74 Å². The Bertz CT molecular complexity index is 649. The second-order valence-electron chi connectivity index (χ2n) is 6.39. The molecular formula is C19H25N2O2S+. The van der Waals surface area contributed by atoms with E-state index in [1.54, 1.807) is 11.3 Å². The SMILES string of the molecule is Cc1ccc(C(=O)N[C@@H](C)[C@H](c2cccs2)[NH+]2CCOCC2)cc1. The minimum Gasteiger partial charge on any atom is -0.370 e. The highest BCUT2D eigenvalue weighted by atomic mass is 32.1. The molecule has 1 amide bonds. The van der Waals surface area contributed by atoms with Gasteiger partial charge in [0.15, 0.2) is 0 Å². The summed E-state index contributed by atoms with van der Waals surface area (Å²) in [5.41, 5.74) is 1.88. The standard InChI is InChI=1S/C19H24N2O2S/c1-14-5-7-16(8-6-14)19(22)20-15(2)18(17-4-3-13-24-17)21-9-11-23-12-10-21/h3-8,13,15,18H,9-12H2,1-2H3,(H,20,22)/p+1/t15-,18+/m0/s1. The van der Waals surface area contributed by atoms with Crippen molar-refractivity contribution in [3.8, 4) is 0 Å². The highest BCUT2D eigenvalue weighted by molar-refractivity contribution is 7.10. The molecule has 2 aromatic rings. The third-order valence-electron chi connectivity index (χ3n) is 4.60. The molecule has 1 aliphatic heterocycles. The molecule has 5 heteroatoms. The third-order valence-corrected chi connectivity index (χ3v) is 5.55. The zero-order valence-electron chi connectivity index (χ0n) is 14.2. The monoisotopic (exact) mass is 345 g/mol. The second kappa shape index (κ2) is 7.92. The Kier molecular flexibility index (Phi) is 5.66. The molecule has 0 spiro atoms. The molecule has 0 aliphatic carbocycles. The van der Waals surface area contributed by atoms with E-state index in [0.29, 0.717) is 5.56 Å². The molecule has 128 valence electrons. The van der Waals surface area contributed by atoms with Gasteiger partial charge in [0.2, 0.25) is 0 Å². The van der Waals surface area contributed by atoms with Gasteiger partial charge in [-0.3, -0.25) is 4.79 Å². The van der Waals surface area contributed by atoms with Crippen LogP contribution in [0.15, 0.2) is 41.8 Å². The number of thiophene rings is 1. The molecule has 0 bridgehead atoms. The molecule has 2 atom stereocenters. The number of benzene rings is 1. The van der Waals surface area contributed by atoms with Crippen molar-refractivity contribution in [2.45, 2.75) is 25.9 Å². The maximum atomic E-state index is 12.6. The van der Waals surface area contributed by atoms with Crippen molar-refractivity contribution < 1.29 is 14.4 Å². The summed E-state index contributed by atoms with van der Waals surface area (Å²) in [6.07, 6.45) is 0. The van der Waals surface area contributed by atoms with Gasteiger partial charge in [-0.05, 0) is 37.4 Å². The Labute approximate surface area is 147 Å². The number of carbonyl (C=O) groups is 1. The van der Waals surface area contributed by atoms with Gasteiger partial charge in [0.05, 0.1) is 24.1 Å². The summed E-state index contributed by atoms with van der Waals surface area (Å²) < 4.78 is 5.50. The fraction of sp³-hybridized carbons (Fsp3) is 0.421. The summed E-state index contributed by atoms with van der Waals surface area (Å²) in [6.45, 7) is 7.67. The molecule has 0 radical (unpaired) electrons. The molecule has 0 unspecified atom stereocenters. The van der Waals surface area contributed by atoms with Crippen molar-refractivity contribution in [2.24, 2.45) is 0 Å². The van der Waals surface area contributed by atoms with Crippen LogP contribution in [-0.4, -0.2) is 38.3 Å². The number of aryl methyl sites for hydroxylation is 1. The van der Waals surface area contributed by atoms with Crippen molar-refractivity contribution in [1.29, 1.82) is 0 Å². The smallest absolute Gasteiger partial charge is 0.251 e. The van der Waals surface area contributed by atoms with Crippen LogP contribution in [0.2, 0.25) is 0 Å². The van der Waals surface area contributed by atoms with Crippen LogP contribution in [0.4, 0.5) is 0 Å². The summed E-state index contributed by atoms with van der Waals surface area (Å²) in [5.74, 6) is -0.00304. The number of rotatable bonds is 5. The molecule has 1 fully saturated rings. The Morgan fingerprint density at radius 2 is 1.92 bits per heavy atom. The molecule has 2 heterocycles. The van der Waals surface area contributed by atoms with E-state index in [-0.39, 0.29) is 18.0 Å². The fourth-order valence-corrected chi connectivity index (χ4v) is 4.28. The molecule has 24 heavy (non-hydrogen) atoms. The molecule has 1 aromatic heterocycles. The quantitative estimate of drug-likeness (QED) is 0.868. The molecule has 1 saturated heterocycles. The van der Waals surface area contributed by atoms with Gasteiger partial charge in [-0.2, -0.15) is 0 Å². The maximum Gasteiger partial charge on any atom is 0.251 e. The Morgan fingerprint density at radius 3 is 2.54 bits per heavy atom. The summed E-state index contributed by atoms with van der Waals surface area (Å²) in [5, 5.41) is 5.32. The van der Waals surface area contributed by atoms with Crippen molar-refractivity contribution in [3.05, 3.63) is 57.8 Å². The molecule has 1 aromatic carbocycles. The molecule has 1 aliphatic rings. The van der Waals surface area contributed by atoms with Gasteiger partial charge in [-0.25, -0.2) is 0 Å². The van der Waals surface area contributed by atoms with E-state index < -0.39 is 0 Å². The first-order valence-corrected chi connectivity index (χ1v) is 9.36. The number of ether oxygens (including phenoxy) is 1. The minimum absolute atomic E-state index is 0.00304. The Balaban J connectivity index is 1.74. The van der Waals surface area contributed by atoms with Crippen LogP contribution in [0.1, 0.15) is 33.8 Å². The highest BCUT2D eigenvalue weighted by Gasteiger charge is 2.33. The normalized spacial score (nSPS) is 18.1. The van der Waals surface area contributed by atoms with Gasteiger partial charge in [-0.15, -0.1) is 11.3 Å². The van der Waals surface area contributed by atoms with Crippen LogP contribution in [0.5, 0.6) is 0 Å². The first-order valence-electron chi connectivity index (χ1n) is 8.48. The minimum atomic E-state index is -0.00304. The first-order chi connectivity index (χ1) is 11.6. The van der Waals surface area contributed by atoms with Crippen LogP contribution in [-0.2, 0) is 4.74 Å². The third kappa shape index (κ3) is 4.04. The van der Waals surface area contributed by atoms with Gasteiger partial charge in [0.1, 0.15) is 19.1 Å². The van der Waals surface area contributed by atoms with Gasteiger partial charge in [0.25, 0.3) is 5.91 Å². The lowest BCUT2D eigenvalue weighted by Gasteiger charge is -2.34. The van der Waals surface area contributed by atoms with Gasteiger partial charge in [-0.1, -0.05) is 23.8 Å². The molecule has 0 saturated carbocycles. The zero-order chi connectivity index (χ0) is 16.9. The van der Waals surface area contributed by atoms with Crippen LogP contribution >= 0.6 is 11.3 Å². The second-order valence-corrected chi connectivity index (χ2v) is 7.37. The summed E-state index contributed by atoms with van der Waals surface area (Å²) in [4.78, 5) is 15.4. The molecule has 4 nitrogen and oxygen atoms in total. The number of hydrogen-bond acceptors (Lipinski definition) is 3. The van der Waals surface area contributed by atoms with Crippen molar-refractivity contribution in [2.75, 3.05) is 26.3 Å². The number of hydrogen-bond donors (Lipinski definition) is 2. The van der Waals surface area contributed by atoms with Gasteiger partial charge >= 0.3 is 0 Å². The van der Waals surface area contributed by atoms with Crippen molar-refractivity contribution in [1.82, 2.24) is 5.32 Å². The average Bonchev–Trinajstić information content (AvgIpc) is 3.10. The molecule has 2 N–H and O–H groups in total. The highest BCUT2D eigenvalue weighted by Crippen LogP contribution is 2.20. The fourth-order valence-electron chi connectivity index (χ4n) is 3.29. The summed E-state index contributed by atoms with van der Waals surface area (Å²) in [7, 11) is 0. The maximum absolute atomic E-state index is 12.6. The van der Waals surface area contributed by atoms with E-state index in [9.17, 15) is 4.79 Å². The van der Waals surface area contributed by atoms with Gasteiger partial charge < -0.3 is 15.0 Å². The van der Waals surface area contributed by atoms with E-state index in [2.05, 4.69) is 29.8 Å². The molecular weight excluding hydrogens is 320 g/mol. The van der Waals surface area contributed by atoms with Crippen LogP contribution < -0.4 is 10.2 Å².